The van der Waals surface area contributed by atoms with Crippen molar-refractivity contribution in [1.82, 2.24) is 14.9 Å². The maximum atomic E-state index is 11.5. The minimum atomic E-state index is -0.0195. The third kappa shape index (κ3) is 7.38. The Bertz CT molecular complexity index is 1040. The lowest BCUT2D eigenvalue weighted by atomic mass is 10.2. The zero-order valence-electron chi connectivity index (χ0n) is 19.8. The minimum absolute atomic E-state index is 0.0195. The predicted molar refractivity (Wildman–Crippen MR) is 133 cm³/mol. The van der Waals surface area contributed by atoms with Gasteiger partial charge >= 0.3 is 0 Å². The second-order valence-electron chi connectivity index (χ2n) is 7.98. The molecule has 176 valence electrons. The molecule has 0 radical (unpaired) electrons. The number of imidazole rings is 1. The Morgan fingerprint density at radius 2 is 1.79 bits per heavy atom. The molecule has 6 nitrogen and oxygen atoms in total. The van der Waals surface area contributed by atoms with Crippen molar-refractivity contribution >= 4 is 16.9 Å². The molecule has 0 saturated heterocycles. The lowest BCUT2D eigenvalue weighted by Gasteiger charge is -2.12. The summed E-state index contributed by atoms with van der Waals surface area (Å²) in [5.74, 6) is 2.67. The highest BCUT2D eigenvalue weighted by Gasteiger charge is 2.10. The Morgan fingerprint density at radius 1 is 1.00 bits per heavy atom. The molecule has 1 heterocycles. The molecular formula is C27H35N3O3. The summed E-state index contributed by atoms with van der Waals surface area (Å²) in [4.78, 5) is 16.4. The maximum Gasteiger partial charge on any atom is 0.243 e. The number of aryl methyl sites for hydroxylation is 2. The third-order valence-corrected chi connectivity index (χ3v) is 5.53. The number of carbonyl (C=O) groups excluding carboxylic acids is 1. The van der Waals surface area contributed by atoms with Crippen LogP contribution < -0.4 is 14.8 Å². The number of hydrogen-bond acceptors (Lipinski definition) is 4. The number of methoxy groups -OCH3 is 1. The molecule has 0 bridgehead atoms. The van der Waals surface area contributed by atoms with Crippen molar-refractivity contribution in [2.45, 2.75) is 52.0 Å². The molecule has 3 rings (SSSR count). The van der Waals surface area contributed by atoms with Crippen LogP contribution in [0.3, 0.4) is 0 Å². The van der Waals surface area contributed by atoms with Crippen LogP contribution in [0.1, 0.15) is 44.9 Å². The second kappa shape index (κ2) is 13.3. The lowest BCUT2D eigenvalue weighted by molar-refractivity contribution is -0.116. The van der Waals surface area contributed by atoms with Crippen molar-refractivity contribution in [3.8, 4) is 11.5 Å². The molecule has 3 aromatic rings. The maximum absolute atomic E-state index is 11.5. The van der Waals surface area contributed by atoms with Gasteiger partial charge in [0.05, 0.1) is 24.8 Å². The molecule has 0 fully saturated rings. The molecule has 1 N–H and O–H groups in total. The largest absolute Gasteiger partial charge is 0.493 e. The molecule has 0 aliphatic carbocycles. The quantitative estimate of drug-likeness (QED) is 0.268. The highest BCUT2D eigenvalue weighted by Crippen LogP contribution is 2.26. The van der Waals surface area contributed by atoms with Crippen molar-refractivity contribution in [2.24, 2.45) is 0 Å². The molecular weight excluding hydrogens is 414 g/mol. The Kier molecular flexibility index (Phi) is 9.83. The summed E-state index contributed by atoms with van der Waals surface area (Å²) in [5, 5.41) is 2.91. The summed E-state index contributed by atoms with van der Waals surface area (Å²) in [6.07, 6.45) is 9.31. The van der Waals surface area contributed by atoms with Gasteiger partial charge in [-0.15, -0.1) is 0 Å². The first-order valence-corrected chi connectivity index (χ1v) is 11.8. The molecule has 1 amide bonds. The fourth-order valence-electron chi connectivity index (χ4n) is 3.86. The molecule has 1 aromatic heterocycles. The number of carbonyl (C=O) groups is 1. The molecule has 2 aromatic carbocycles. The lowest BCUT2D eigenvalue weighted by Crippen LogP contribution is -2.21. The molecule has 33 heavy (non-hydrogen) atoms. The van der Waals surface area contributed by atoms with Crippen molar-refractivity contribution < 1.29 is 14.3 Å². The Morgan fingerprint density at radius 3 is 2.61 bits per heavy atom. The summed E-state index contributed by atoms with van der Waals surface area (Å²) in [6.45, 7) is 4.14. The van der Waals surface area contributed by atoms with Crippen LogP contribution >= 0.6 is 0 Å². The van der Waals surface area contributed by atoms with Gasteiger partial charge in [-0.2, -0.15) is 0 Å². The van der Waals surface area contributed by atoms with Crippen LogP contribution in [0.15, 0.2) is 60.7 Å². The predicted octanol–water partition coefficient (Wildman–Crippen LogP) is 5.31. The zero-order valence-corrected chi connectivity index (χ0v) is 19.8. The van der Waals surface area contributed by atoms with Crippen LogP contribution in [0.4, 0.5) is 0 Å². The number of rotatable bonds is 14. The number of allylic oxidation sites excluding steroid dienone is 1. The highest BCUT2D eigenvalue weighted by molar-refractivity contribution is 5.87. The number of nitrogens with zero attached hydrogens (tertiary/aromatic N) is 2. The molecule has 0 saturated carbocycles. The van der Waals surface area contributed by atoms with Crippen molar-refractivity contribution in [3.05, 3.63) is 66.5 Å². The van der Waals surface area contributed by atoms with E-state index in [4.69, 9.17) is 14.5 Å². The highest BCUT2D eigenvalue weighted by atomic mass is 16.5. The number of unbranched alkanes of at least 4 members (excludes halogenated alkanes) is 3. The fraction of sp³-hybridized carbons (Fsp3) is 0.407. The smallest absolute Gasteiger partial charge is 0.243 e. The zero-order chi connectivity index (χ0) is 23.3. The fourth-order valence-corrected chi connectivity index (χ4v) is 3.86. The number of amides is 1. The van der Waals surface area contributed by atoms with E-state index in [0.29, 0.717) is 13.2 Å². The van der Waals surface area contributed by atoms with Gasteiger partial charge in [0.2, 0.25) is 5.91 Å². The van der Waals surface area contributed by atoms with Gasteiger partial charge < -0.3 is 19.4 Å². The van der Waals surface area contributed by atoms with Crippen LogP contribution in [-0.4, -0.2) is 35.7 Å². The molecule has 0 spiro atoms. The van der Waals surface area contributed by atoms with E-state index in [0.717, 1.165) is 67.9 Å². The van der Waals surface area contributed by atoms with E-state index >= 15 is 0 Å². The summed E-state index contributed by atoms with van der Waals surface area (Å²) in [7, 11) is 1.66. The first kappa shape index (κ1) is 24.4. The number of hydrogen-bond donors (Lipinski definition) is 1. The summed E-state index contributed by atoms with van der Waals surface area (Å²) in [6, 6.07) is 16.1. The molecule has 0 aliphatic rings. The monoisotopic (exact) mass is 449 g/mol. The molecule has 0 atom stereocenters. The Balaban J connectivity index is 1.47. The third-order valence-electron chi connectivity index (χ3n) is 5.53. The normalized spacial score (nSPS) is 11.2. The molecule has 0 aliphatic heterocycles. The van der Waals surface area contributed by atoms with E-state index in [1.165, 1.54) is 5.52 Å². The first-order chi connectivity index (χ1) is 16.2. The van der Waals surface area contributed by atoms with E-state index < -0.39 is 0 Å². The first-order valence-electron chi connectivity index (χ1n) is 11.8. The summed E-state index contributed by atoms with van der Waals surface area (Å²) < 4.78 is 13.6. The van der Waals surface area contributed by atoms with Gasteiger partial charge in [-0.25, -0.2) is 4.98 Å². The van der Waals surface area contributed by atoms with Crippen LogP contribution in [0.2, 0.25) is 0 Å². The SMILES string of the molecule is C/C=C/C(=O)NCCCCCc1nc2ccccc2n1CCCCOc1ccccc1OC. The Labute approximate surface area is 196 Å². The number of nitrogens with one attached hydrogen (secondary N) is 1. The van der Waals surface area contributed by atoms with Gasteiger partial charge in [0.1, 0.15) is 5.82 Å². The van der Waals surface area contributed by atoms with E-state index in [-0.39, 0.29) is 5.91 Å². The van der Waals surface area contributed by atoms with Crippen LogP contribution in [0.5, 0.6) is 11.5 Å². The standard InChI is InChI=1S/C27H35N3O3/c1-3-13-27(31)28-19-10-4-5-18-26-29-22-14-6-7-15-23(22)30(26)20-11-12-21-33-25-17-9-8-16-24(25)32-2/h3,6-9,13-17H,4-5,10-12,18-21H2,1-2H3,(H,28,31)/b13-3+. The van der Waals surface area contributed by atoms with Gasteiger partial charge in [-0.1, -0.05) is 36.8 Å². The van der Waals surface area contributed by atoms with Gasteiger partial charge in [0.15, 0.2) is 11.5 Å². The Hall–Kier alpha value is -3.28. The minimum Gasteiger partial charge on any atom is -0.493 e. The van der Waals surface area contributed by atoms with Crippen LogP contribution in [-0.2, 0) is 17.8 Å². The van der Waals surface area contributed by atoms with Gasteiger partial charge in [-0.3, -0.25) is 4.79 Å². The number of ether oxygens (including phenoxy) is 2. The van der Waals surface area contributed by atoms with Crippen molar-refractivity contribution in [3.63, 3.8) is 0 Å². The molecule has 6 heteroatoms. The van der Waals surface area contributed by atoms with Crippen LogP contribution in [0, 0.1) is 0 Å². The van der Waals surface area contributed by atoms with E-state index in [1.807, 2.05) is 37.3 Å². The second-order valence-corrected chi connectivity index (χ2v) is 7.98. The average Bonchev–Trinajstić information content (AvgIpc) is 3.19. The van der Waals surface area contributed by atoms with E-state index in [9.17, 15) is 4.79 Å². The van der Waals surface area contributed by atoms with Crippen LogP contribution in [0.25, 0.3) is 11.0 Å². The van der Waals surface area contributed by atoms with E-state index in [2.05, 4.69) is 28.1 Å². The topological polar surface area (TPSA) is 65.4 Å². The van der Waals surface area contributed by atoms with Gasteiger partial charge in [0, 0.05) is 19.5 Å². The van der Waals surface area contributed by atoms with E-state index in [1.54, 1.807) is 19.3 Å². The number of aromatic nitrogens is 2. The summed E-state index contributed by atoms with van der Waals surface area (Å²) in [5.41, 5.74) is 2.24. The summed E-state index contributed by atoms with van der Waals surface area (Å²) >= 11 is 0. The van der Waals surface area contributed by atoms with Gasteiger partial charge in [-0.05, 0) is 62.9 Å². The number of benzene rings is 2. The number of para-hydroxylation sites is 4. The number of fused-ring (bicyclic) bond motifs is 1. The average molecular weight is 450 g/mol. The van der Waals surface area contributed by atoms with Crippen molar-refractivity contribution in [2.75, 3.05) is 20.3 Å². The van der Waals surface area contributed by atoms with Gasteiger partial charge in [0.25, 0.3) is 0 Å². The molecule has 0 unspecified atom stereocenters. The van der Waals surface area contributed by atoms with Crippen molar-refractivity contribution in [1.29, 1.82) is 0 Å².